The summed E-state index contributed by atoms with van der Waals surface area (Å²) in [6, 6.07) is -0.130. The Bertz CT molecular complexity index is 675. The molecule has 0 fully saturated rings. The van der Waals surface area contributed by atoms with E-state index in [9.17, 15) is 14.4 Å². The Morgan fingerprint density at radius 3 is 1.76 bits per heavy atom. The van der Waals surface area contributed by atoms with Crippen LogP contribution in [-0.2, 0) is 19.0 Å². The molecule has 0 aromatic heterocycles. The van der Waals surface area contributed by atoms with Gasteiger partial charge < -0.3 is 48.0 Å². The predicted octanol–water partition coefficient (Wildman–Crippen LogP) is 3.68. The zero-order valence-corrected chi connectivity index (χ0v) is 29.5. The van der Waals surface area contributed by atoms with Crippen LogP contribution in [0.1, 0.15) is 117 Å². The maximum absolute atomic E-state index is 12.4. The lowest BCUT2D eigenvalue weighted by atomic mass is 10.0. The number of nitrogens with one attached hydrogen (secondary N) is 1. The molecule has 0 rings (SSSR count). The van der Waals surface area contributed by atoms with Gasteiger partial charge in [0.2, 0.25) is 5.91 Å². The topological polar surface area (TPSA) is 94.2 Å². The summed E-state index contributed by atoms with van der Waals surface area (Å²) in [4.78, 5) is 37.6. The summed E-state index contributed by atoms with van der Waals surface area (Å²) in [5.74, 6) is -0.397. The van der Waals surface area contributed by atoms with Gasteiger partial charge in [-0.05, 0) is 19.8 Å². The van der Waals surface area contributed by atoms with Crippen molar-refractivity contribution in [1.82, 2.24) is 10.2 Å². The second-order valence-electron chi connectivity index (χ2n) is 12.0. The maximum Gasteiger partial charge on any atom is 0.416 e. The summed E-state index contributed by atoms with van der Waals surface area (Å²) >= 11 is 0. The van der Waals surface area contributed by atoms with Crippen LogP contribution in [0.25, 0.3) is 0 Å². The molecule has 0 spiro atoms. The lowest BCUT2D eigenvalue weighted by molar-refractivity contribution is -0.870. The van der Waals surface area contributed by atoms with Crippen molar-refractivity contribution in [2.24, 2.45) is 0 Å². The van der Waals surface area contributed by atoms with Gasteiger partial charge in [-0.15, -0.1) is 0 Å². The summed E-state index contributed by atoms with van der Waals surface area (Å²) in [5.41, 5.74) is 0. The molecule has 3 amide bonds. The van der Waals surface area contributed by atoms with E-state index in [4.69, 9.17) is 14.2 Å². The Morgan fingerprint density at radius 1 is 0.780 bits per heavy atom. The highest BCUT2D eigenvalue weighted by atomic mass is 127. The first-order valence-corrected chi connectivity index (χ1v) is 15.7. The van der Waals surface area contributed by atoms with E-state index in [0.717, 1.165) is 24.2 Å². The average Bonchev–Trinajstić information content (AvgIpc) is 2.89. The summed E-state index contributed by atoms with van der Waals surface area (Å²) in [6.45, 7) is 6.61. The van der Waals surface area contributed by atoms with E-state index in [1.54, 1.807) is 7.11 Å². The molecule has 41 heavy (non-hydrogen) atoms. The zero-order valence-electron chi connectivity index (χ0n) is 27.3. The van der Waals surface area contributed by atoms with Crippen molar-refractivity contribution in [2.75, 3.05) is 54.6 Å². The maximum atomic E-state index is 12.4. The number of likely N-dealkylation sites (N-methyl/N-ethyl adjacent to an activating group) is 1. The van der Waals surface area contributed by atoms with Gasteiger partial charge in [-0.25, -0.2) is 14.5 Å². The quantitative estimate of drug-likeness (QED) is 0.0940. The number of alkyl carbamates (subject to hydrolysis) is 1. The third-order valence-corrected chi connectivity index (χ3v) is 7.21. The third-order valence-electron chi connectivity index (χ3n) is 7.21. The number of quaternary nitrogens is 1. The predicted molar refractivity (Wildman–Crippen MR) is 161 cm³/mol. The van der Waals surface area contributed by atoms with Crippen molar-refractivity contribution < 1.29 is 57.1 Å². The molecule has 0 aliphatic rings. The fourth-order valence-corrected chi connectivity index (χ4v) is 4.41. The van der Waals surface area contributed by atoms with Gasteiger partial charge in [-0.2, -0.15) is 0 Å². The van der Waals surface area contributed by atoms with Crippen LogP contribution in [0.4, 0.5) is 9.59 Å². The fraction of sp³-hybridized carbons (Fsp3) is 0.903. The standard InChI is InChI=1S/C31H61N3O6.HI/c1-8-9-10-11-12-13-14-15-16-17-18-19-20-22-29(27(2)38-7)32-30(36)39-25-21-23-33(28(3)35)31(37)40-26-24-34(4,5)6;/h27,29H,8-26H2,1-7H3;1H. The van der Waals surface area contributed by atoms with E-state index in [1.807, 2.05) is 28.1 Å². The number of rotatable bonds is 24. The molecule has 0 radical (unpaired) electrons. The molecule has 0 heterocycles. The number of amides is 3. The monoisotopic (exact) mass is 699 g/mol. The molecule has 0 saturated heterocycles. The average molecular weight is 700 g/mol. The highest BCUT2D eigenvalue weighted by molar-refractivity contribution is 5.90. The summed E-state index contributed by atoms with van der Waals surface area (Å²) in [7, 11) is 7.63. The first-order valence-electron chi connectivity index (χ1n) is 15.7. The van der Waals surface area contributed by atoms with E-state index in [0.29, 0.717) is 17.4 Å². The second-order valence-corrected chi connectivity index (χ2v) is 12.0. The molecule has 0 aromatic carbocycles. The van der Waals surface area contributed by atoms with E-state index in [2.05, 4.69) is 12.2 Å². The molecule has 0 saturated carbocycles. The molecule has 244 valence electrons. The number of hydrogen-bond donors (Lipinski definition) is 1. The molecule has 2 unspecified atom stereocenters. The van der Waals surface area contributed by atoms with Crippen molar-refractivity contribution >= 4 is 18.1 Å². The Labute approximate surface area is 268 Å². The van der Waals surface area contributed by atoms with Gasteiger partial charge in [-0.3, -0.25) is 4.79 Å². The number of nitrogens with zero attached hydrogens (tertiary/aromatic N) is 2. The number of unbranched alkanes of at least 4 members (excludes halogenated alkanes) is 12. The molecule has 9 nitrogen and oxygen atoms in total. The number of halogens is 1. The Kier molecular flexibility index (Phi) is 27.1. The Balaban J connectivity index is 0. The molecule has 0 aliphatic heterocycles. The molecule has 0 aromatic rings. The van der Waals surface area contributed by atoms with E-state index >= 15 is 0 Å². The number of imide groups is 1. The number of carbonyl (C=O) groups is 3. The number of ether oxygens (including phenoxy) is 3. The van der Waals surface area contributed by atoms with Crippen LogP contribution in [0.3, 0.4) is 0 Å². The SMILES string of the molecule is CCCCCCCCCCCCCCCC(NC(=O)OCCCN(C(C)=O)C(=O)OCC[N+](C)(C)C)C(C)OC.[I-]. The first-order chi connectivity index (χ1) is 19.0. The summed E-state index contributed by atoms with van der Waals surface area (Å²) < 4.78 is 16.7. The fourth-order valence-electron chi connectivity index (χ4n) is 4.41. The van der Waals surface area contributed by atoms with Crippen molar-refractivity contribution in [1.29, 1.82) is 0 Å². The van der Waals surface area contributed by atoms with Crippen LogP contribution in [0.5, 0.6) is 0 Å². The van der Waals surface area contributed by atoms with Crippen molar-refractivity contribution in [2.45, 2.75) is 129 Å². The minimum absolute atomic E-state index is 0. The molecular weight excluding hydrogens is 637 g/mol. The van der Waals surface area contributed by atoms with Gasteiger partial charge in [0.15, 0.2) is 0 Å². The molecule has 1 N–H and O–H groups in total. The molecule has 10 heteroatoms. The molecule has 0 aliphatic carbocycles. The number of methoxy groups -OCH3 is 1. The van der Waals surface area contributed by atoms with Gasteiger partial charge in [0, 0.05) is 20.6 Å². The molecule has 0 bridgehead atoms. The van der Waals surface area contributed by atoms with Crippen LogP contribution in [0.15, 0.2) is 0 Å². The van der Waals surface area contributed by atoms with Gasteiger partial charge in [0.25, 0.3) is 0 Å². The highest BCUT2D eigenvalue weighted by Crippen LogP contribution is 2.15. The lowest BCUT2D eigenvalue weighted by Crippen LogP contribution is -3.00. The Morgan fingerprint density at radius 2 is 1.29 bits per heavy atom. The second kappa shape index (κ2) is 26.5. The smallest absolute Gasteiger partial charge is 0.416 e. The summed E-state index contributed by atoms with van der Waals surface area (Å²) in [6.07, 6.45) is 16.8. The van der Waals surface area contributed by atoms with Crippen molar-refractivity contribution in [3.8, 4) is 0 Å². The van der Waals surface area contributed by atoms with Crippen molar-refractivity contribution in [3.05, 3.63) is 0 Å². The van der Waals surface area contributed by atoms with Crippen LogP contribution < -0.4 is 29.3 Å². The van der Waals surface area contributed by atoms with Gasteiger partial charge >= 0.3 is 12.2 Å². The minimum Gasteiger partial charge on any atom is -1.00 e. The molecule has 2 atom stereocenters. The zero-order chi connectivity index (χ0) is 30.2. The number of hydrogen-bond acceptors (Lipinski definition) is 6. The Hall–Kier alpha value is -1.14. The van der Waals surface area contributed by atoms with E-state index in [-0.39, 0.29) is 55.9 Å². The van der Waals surface area contributed by atoms with Crippen LogP contribution in [0, 0.1) is 0 Å². The van der Waals surface area contributed by atoms with Crippen LogP contribution >= 0.6 is 0 Å². The van der Waals surface area contributed by atoms with E-state index in [1.165, 1.54) is 77.6 Å². The number of carbonyl (C=O) groups excluding carboxylic acids is 3. The van der Waals surface area contributed by atoms with Crippen LogP contribution in [-0.4, -0.2) is 94.2 Å². The van der Waals surface area contributed by atoms with Gasteiger partial charge in [0.05, 0.1) is 39.9 Å². The summed E-state index contributed by atoms with van der Waals surface area (Å²) in [5, 5.41) is 2.93. The van der Waals surface area contributed by atoms with E-state index < -0.39 is 18.1 Å². The van der Waals surface area contributed by atoms with Gasteiger partial charge in [0.1, 0.15) is 13.2 Å². The third kappa shape index (κ3) is 25.1. The largest absolute Gasteiger partial charge is 1.00 e. The van der Waals surface area contributed by atoms with Crippen LogP contribution in [0.2, 0.25) is 0 Å². The lowest BCUT2D eigenvalue weighted by Gasteiger charge is -2.25. The normalized spacial score (nSPS) is 12.7. The highest BCUT2D eigenvalue weighted by Gasteiger charge is 2.22. The van der Waals surface area contributed by atoms with Gasteiger partial charge in [-0.1, -0.05) is 90.4 Å². The first kappa shape index (κ1) is 42.0. The minimum atomic E-state index is -0.669. The molecular formula is C31H62IN3O6. The van der Waals surface area contributed by atoms with Crippen molar-refractivity contribution in [3.63, 3.8) is 0 Å².